The van der Waals surface area contributed by atoms with Crippen LogP contribution in [0.5, 0.6) is 0 Å². The average molecular weight is 224 g/mol. The first kappa shape index (κ1) is 11.8. The molecule has 0 aromatic rings. The van der Waals surface area contributed by atoms with E-state index in [0.717, 1.165) is 33.0 Å². The Balaban J connectivity index is 1.86. The Labute approximate surface area is 97.4 Å². The first-order valence-corrected chi connectivity index (χ1v) is 6.39. The minimum Gasteiger partial charge on any atom is -0.379 e. The first-order chi connectivity index (χ1) is 7.90. The molecule has 0 unspecified atom stereocenters. The number of rotatable bonds is 3. The van der Waals surface area contributed by atoms with Gasteiger partial charge < -0.3 is 4.74 Å². The summed E-state index contributed by atoms with van der Waals surface area (Å²) in [6, 6.07) is 3.17. The lowest BCUT2D eigenvalue weighted by molar-refractivity contribution is -0.584. The van der Waals surface area contributed by atoms with Crippen molar-refractivity contribution in [1.82, 2.24) is 4.90 Å². The highest BCUT2D eigenvalue weighted by Crippen LogP contribution is 2.20. The summed E-state index contributed by atoms with van der Waals surface area (Å²) < 4.78 is 7.42. The summed E-state index contributed by atoms with van der Waals surface area (Å²) in [5.74, 6) is 0. The fourth-order valence-electron chi connectivity index (χ4n) is 2.59. The van der Waals surface area contributed by atoms with Crippen LogP contribution in [0.15, 0.2) is 0 Å². The molecule has 1 aliphatic carbocycles. The van der Waals surface area contributed by atoms with Crippen LogP contribution in [0, 0.1) is 5.41 Å². The molecule has 90 valence electrons. The Hall–Kier alpha value is -0.700. The lowest BCUT2D eigenvalue weighted by Crippen LogP contribution is -2.43. The van der Waals surface area contributed by atoms with E-state index in [1.807, 2.05) is 0 Å². The Morgan fingerprint density at radius 1 is 1.19 bits per heavy atom. The molecule has 16 heavy (non-hydrogen) atoms. The average Bonchev–Trinajstić information content (AvgIpc) is 2.38. The molecule has 1 heterocycles. The molecule has 0 bridgehead atoms. The number of hydrogen-bond acceptors (Lipinski definition) is 3. The number of ether oxygens (including phenoxy) is 1. The van der Waals surface area contributed by atoms with Gasteiger partial charge in [-0.3, -0.25) is 4.90 Å². The number of nitrogens with zero attached hydrogens (tertiary/aromatic N) is 2. The molecule has 0 atom stereocenters. The van der Waals surface area contributed by atoms with E-state index in [-0.39, 0.29) is 0 Å². The normalized spacial score (nSPS) is 24.0. The molecule has 0 aromatic heterocycles. The summed E-state index contributed by atoms with van der Waals surface area (Å²) in [6.07, 6.45) is 6.45. The Morgan fingerprint density at radius 2 is 1.88 bits per heavy atom. The van der Waals surface area contributed by atoms with Gasteiger partial charge in [-0.25, -0.2) is 4.58 Å². The second kappa shape index (κ2) is 6.14. The summed E-state index contributed by atoms with van der Waals surface area (Å²) in [6.45, 7) is 4.50. The highest BCUT2D eigenvalue weighted by Gasteiger charge is 2.23. The zero-order valence-corrected chi connectivity index (χ0v) is 9.95. The third-order valence-corrected chi connectivity index (χ3v) is 3.62. The molecular weight excluding hydrogens is 202 g/mol. The van der Waals surface area contributed by atoms with Crippen molar-refractivity contribution in [1.29, 1.82) is 5.41 Å². The summed E-state index contributed by atoms with van der Waals surface area (Å²) in [5, 5.41) is 7.43. The van der Waals surface area contributed by atoms with E-state index in [1.165, 1.54) is 32.1 Å². The largest absolute Gasteiger partial charge is 0.379 e. The van der Waals surface area contributed by atoms with Crippen molar-refractivity contribution in [3.05, 3.63) is 0 Å². The molecule has 1 saturated heterocycles. The van der Waals surface area contributed by atoms with Crippen molar-refractivity contribution in [3.63, 3.8) is 0 Å². The number of hydrogen-bond donors (Lipinski definition) is 1. The van der Waals surface area contributed by atoms with Crippen LogP contribution in [-0.4, -0.2) is 54.5 Å². The van der Waals surface area contributed by atoms with Crippen molar-refractivity contribution in [2.75, 3.05) is 33.0 Å². The maximum Gasteiger partial charge on any atom is 0.305 e. The van der Waals surface area contributed by atoms with Gasteiger partial charge in [0.1, 0.15) is 12.7 Å². The molecule has 0 aromatic carbocycles. The Kier molecular flexibility index (Phi) is 4.52. The smallest absolute Gasteiger partial charge is 0.305 e. The molecular formula is C12H22N3O+. The van der Waals surface area contributed by atoms with Crippen LogP contribution < -0.4 is 0 Å². The summed E-state index contributed by atoms with van der Waals surface area (Å²) in [5.41, 5.74) is 0. The van der Waals surface area contributed by atoms with Gasteiger partial charge in [-0.05, 0) is 25.7 Å². The highest BCUT2D eigenvalue weighted by molar-refractivity contribution is 5.28. The van der Waals surface area contributed by atoms with E-state index in [9.17, 15) is 0 Å². The molecule has 4 nitrogen and oxygen atoms in total. The van der Waals surface area contributed by atoms with Gasteiger partial charge in [-0.1, -0.05) is 11.8 Å². The molecule has 2 aliphatic rings. The van der Waals surface area contributed by atoms with Crippen LogP contribution in [0.4, 0.5) is 0 Å². The molecule has 2 rings (SSSR count). The maximum atomic E-state index is 7.43. The minimum absolute atomic E-state index is 0.550. The summed E-state index contributed by atoms with van der Waals surface area (Å²) in [4.78, 5) is 2.36. The third kappa shape index (κ3) is 3.14. The van der Waals surface area contributed by atoms with E-state index in [0.29, 0.717) is 6.04 Å². The topological polar surface area (TPSA) is 39.3 Å². The van der Waals surface area contributed by atoms with Gasteiger partial charge in [0.2, 0.25) is 0 Å². The highest BCUT2D eigenvalue weighted by atomic mass is 16.5. The fraction of sp³-hybridized carbons (Fsp3) is 0.917. The predicted molar refractivity (Wildman–Crippen MR) is 62.1 cm³/mol. The van der Waals surface area contributed by atoms with Crippen molar-refractivity contribution in [2.45, 2.75) is 38.1 Å². The van der Waals surface area contributed by atoms with Gasteiger partial charge in [-0.2, -0.15) is 0 Å². The second-order valence-corrected chi connectivity index (χ2v) is 4.75. The van der Waals surface area contributed by atoms with Crippen LogP contribution in [0.3, 0.4) is 0 Å². The molecule has 1 aliphatic heterocycles. The van der Waals surface area contributed by atoms with Gasteiger partial charge in [0.15, 0.2) is 0 Å². The summed E-state index contributed by atoms with van der Waals surface area (Å²) >= 11 is 0. The molecule has 4 heteroatoms. The predicted octanol–water partition coefficient (Wildman–Crippen LogP) is 1.37. The molecule has 0 spiro atoms. The van der Waals surface area contributed by atoms with Crippen molar-refractivity contribution < 1.29 is 9.31 Å². The minimum atomic E-state index is 0.550. The molecule has 0 amide bonds. The van der Waals surface area contributed by atoms with E-state index in [4.69, 9.17) is 10.1 Å². The Morgan fingerprint density at radius 3 is 2.50 bits per heavy atom. The van der Waals surface area contributed by atoms with Crippen molar-refractivity contribution in [3.8, 4) is 0 Å². The van der Waals surface area contributed by atoms with Crippen LogP contribution in [0.2, 0.25) is 0 Å². The van der Waals surface area contributed by atoms with Crippen molar-refractivity contribution >= 4 is 6.01 Å². The van der Waals surface area contributed by atoms with E-state index >= 15 is 0 Å². The molecule has 0 radical (unpaired) electrons. The molecule has 2 fully saturated rings. The molecule has 1 saturated carbocycles. The monoisotopic (exact) mass is 224 g/mol. The van der Waals surface area contributed by atoms with Crippen LogP contribution in [-0.2, 0) is 4.74 Å². The van der Waals surface area contributed by atoms with Gasteiger partial charge in [0, 0.05) is 13.1 Å². The van der Waals surface area contributed by atoms with Crippen LogP contribution in [0.25, 0.3) is 0 Å². The van der Waals surface area contributed by atoms with Crippen molar-refractivity contribution in [2.24, 2.45) is 0 Å². The van der Waals surface area contributed by atoms with Gasteiger partial charge in [0.05, 0.1) is 13.2 Å². The van der Waals surface area contributed by atoms with Gasteiger partial charge in [0.25, 0.3) is 0 Å². The first-order valence-electron chi connectivity index (χ1n) is 6.39. The van der Waals surface area contributed by atoms with E-state index < -0.39 is 0 Å². The fourth-order valence-corrected chi connectivity index (χ4v) is 2.59. The lowest BCUT2D eigenvalue weighted by Gasteiger charge is -2.28. The number of morpholine rings is 1. The maximum absolute atomic E-state index is 7.43. The zero-order chi connectivity index (χ0) is 11.2. The second-order valence-electron chi connectivity index (χ2n) is 4.75. The van der Waals surface area contributed by atoms with Crippen LogP contribution >= 0.6 is 0 Å². The van der Waals surface area contributed by atoms with E-state index in [2.05, 4.69) is 15.5 Å². The van der Waals surface area contributed by atoms with E-state index in [1.54, 1.807) is 0 Å². The van der Waals surface area contributed by atoms with Gasteiger partial charge in [-0.15, -0.1) is 0 Å². The lowest BCUT2D eigenvalue weighted by atomic mass is 9.95. The zero-order valence-electron chi connectivity index (χ0n) is 9.95. The standard InChI is InChI=1S/C12H22N3O/c13-10-15(12-4-2-1-3-5-12)11-14-6-8-16-9-7-14/h12-13H,1-9,11H2/q+1. The number of nitrogens with one attached hydrogen (secondary N) is 1. The Bertz CT molecular complexity index is 261. The third-order valence-electron chi connectivity index (χ3n) is 3.62. The van der Waals surface area contributed by atoms with Crippen LogP contribution in [0.1, 0.15) is 32.1 Å². The quantitative estimate of drug-likeness (QED) is 0.581. The van der Waals surface area contributed by atoms with Gasteiger partial charge >= 0.3 is 6.01 Å². The summed E-state index contributed by atoms with van der Waals surface area (Å²) in [7, 11) is 0. The molecule has 1 N–H and O–H groups in total. The SMILES string of the molecule is N=C=[N+](CN1CCOCC1)C1CCCCC1.